The highest BCUT2D eigenvalue weighted by atomic mass is 16.5. The Morgan fingerprint density at radius 2 is 2.14 bits per heavy atom. The fourth-order valence-corrected chi connectivity index (χ4v) is 3.17. The van der Waals surface area contributed by atoms with Gasteiger partial charge in [-0.25, -0.2) is 4.98 Å². The normalized spacial score (nSPS) is 16.0. The average Bonchev–Trinajstić information content (AvgIpc) is 3.25. The largest absolute Gasteiger partial charge is 0.345 e. The summed E-state index contributed by atoms with van der Waals surface area (Å²) in [7, 11) is 0. The lowest BCUT2D eigenvalue weighted by Gasteiger charge is -2.04. The molecule has 2 heterocycles. The van der Waals surface area contributed by atoms with Crippen molar-refractivity contribution in [1.82, 2.24) is 20.1 Å². The third-order valence-corrected chi connectivity index (χ3v) is 4.39. The van der Waals surface area contributed by atoms with Crippen LogP contribution in [0.3, 0.4) is 0 Å². The number of hydrogen-bond acceptors (Lipinski definition) is 4. The highest BCUT2D eigenvalue weighted by molar-refractivity contribution is 5.79. The van der Waals surface area contributed by atoms with Crippen LogP contribution < -0.4 is 0 Å². The van der Waals surface area contributed by atoms with Gasteiger partial charge in [-0.1, -0.05) is 30.8 Å². The monoisotopic (exact) mass is 282 g/mol. The molecule has 3 aromatic rings. The van der Waals surface area contributed by atoms with Gasteiger partial charge in [0.1, 0.15) is 0 Å². The maximum absolute atomic E-state index is 5.39. The first-order valence-corrected chi connectivity index (χ1v) is 7.64. The number of nitrogens with one attached hydrogen (secondary N) is 1. The fraction of sp³-hybridized carbons (Fsp3) is 0.438. The molecule has 0 radical (unpaired) electrons. The molecule has 21 heavy (non-hydrogen) atoms. The number of aryl methyl sites for hydroxylation is 1. The van der Waals surface area contributed by atoms with Crippen LogP contribution in [-0.4, -0.2) is 20.1 Å². The number of aromatic nitrogens is 4. The molecule has 0 atom stereocenters. The lowest BCUT2D eigenvalue weighted by molar-refractivity contribution is 0.362. The molecule has 1 N–H and O–H groups in total. The lowest BCUT2D eigenvalue weighted by atomic mass is 10.0. The second-order valence-electron chi connectivity index (χ2n) is 5.84. The zero-order valence-corrected chi connectivity index (χ0v) is 11.9. The number of hydrogen-bond donors (Lipinski definition) is 1. The van der Waals surface area contributed by atoms with Gasteiger partial charge in [-0.15, -0.1) is 0 Å². The van der Waals surface area contributed by atoms with Gasteiger partial charge in [0.2, 0.25) is 11.7 Å². The minimum absolute atomic E-state index is 0.660. The van der Waals surface area contributed by atoms with Crippen molar-refractivity contribution in [2.45, 2.75) is 38.5 Å². The van der Waals surface area contributed by atoms with Crippen LogP contribution in [0.5, 0.6) is 0 Å². The standard InChI is InChI=1S/C16H18N4O/c1-2-4-11(3-1)5-8-15-19-16(20-21-15)12-6-7-13-14(9-12)18-10-17-13/h6-7,9-11H,1-5,8H2,(H,17,18). The average molecular weight is 282 g/mol. The smallest absolute Gasteiger partial charge is 0.226 e. The van der Waals surface area contributed by atoms with E-state index in [1.807, 2.05) is 18.2 Å². The third kappa shape index (κ3) is 2.55. The Bertz CT molecular complexity index is 739. The van der Waals surface area contributed by atoms with Crippen LogP contribution in [0.4, 0.5) is 0 Å². The van der Waals surface area contributed by atoms with Crippen LogP contribution in [0, 0.1) is 5.92 Å². The molecule has 0 bridgehead atoms. The molecule has 4 rings (SSSR count). The summed E-state index contributed by atoms with van der Waals surface area (Å²) in [5.41, 5.74) is 2.90. The molecular formula is C16H18N4O. The van der Waals surface area contributed by atoms with Crippen molar-refractivity contribution < 1.29 is 4.52 Å². The Morgan fingerprint density at radius 3 is 3.05 bits per heavy atom. The van der Waals surface area contributed by atoms with Crippen molar-refractivity contribution in [2.24, 2.45) is 5.92 Å². The van der Waals surface area contributed by atoms with Crippen molar-refractivity contribution in [2.75, 3.05) is 0 Å². The lowest BCUT2D eigenvalue weighted by Crippen LogP contribution is -1.96. The van der Waals surface area contributed by atoms with Crippen LogP contribution in [0.25, 0.3) is 22.4 Å². The first-order valence-electron chi connectivity index (χ1n) is 7.64. The van der Waals surface area contributed by atoms with Crippen molar-refractivity contribution in [3.63, 3.8) is 0 Å². The molecule has 1 aliphatic carbocycles. The van der Waals surface area contributed by atoms with Gasteiger partial charge in [0.05, 0.1) is 17.4 Å². The molecule has 2 aromatic heterocycles. The molecule has 0 unspecified atom stereocenters. The van der Waals surface area contributed by atoms with E-state index in [1.165, 1.54) is 32.1 Å². The molecule has 0 spiro atoms. The van der Waals surface area contributed by atoms with Crippen molar-refractivity contribution in [1.29, 1.82) is 0 Å². The van der Waals surface area contributed by atoms with Crippen LogP contribution in [0.15, 0.2) is 29.0 Å². The van der Waals surface area contributed by atoms with E-state index in [0.29, 0.717) is 5.82 Å². The molecule has 1 aliphatic rings. The summed E-state index contributed by atoms with van der Waals surface area (Å²) in [6, 6.07) is 5.96. The van der Waals surface area contributed by atoms with Crippen LogP contribution >= 0.6 is 0 Å². The summed E-state index contributed by atoms with van der Waals surface area (Å²) < 4.78 is 5.39. The van der Waals surface area contributed by atoms with E-state index >= 15 is 0 Å². The minimum Gasteiger partial charge on any atom is -0.345 e. The summed E-state index contributed by atoms with van der Waals surface area (Å²) in [5.74, 6) is 2.26. The molecule has 108 valence electrons. The predicted molar refractivity (Wildman–Crippen MR) is 79.7 cm³/mol. The quantitative estimate of drug-likeness (QED) is 0.791. The SMILES string of the molecule is c1nc2ccc(-c3noc(CCC4CCCC4)n3)cc2[nH]1. The van der Waals surface area contributed by atoms with Crippen LogP contribution in [0.1, 0.15) is 38.0 Å². The van der Waals surface area contributed by atoms with E-state index in [1.54, 1.807) is 6.33 Å². The van der Waals surface area contributed by atoms with Crippen LogP contribution in [0.2, 0.25) is 0 Å². The number of H-pyrrole nitrogens is 1. The highest BCUT2D eigenvalue weighted by Crippen LogP contribution is 2.29. The Balaban J connectivity index is 1.50. The summed E-state index contributed by atoms with van der Waals surface area (Å²) >= 11 is 0. The Morgan fingerprint density at radius 1 is 1.24 bits per heavy atom. The first kappa shape index (κ1) is 12.6. The first-order chi connectivity index (χ1) is 10.4. The maximum atomic E-state index is 5.39. The van der Waals surface area contributed by atoms with Crippen molar-refractivity contribution >= 4 is 11.0 Å². The van der Waals surface area contributed by atoms with Gasteiger partial charge in [0.25, 0.3) is 0 Å². The van der Waals surface area contributed by atoms with E-state index in [9.17, 15) is 0 Å². The summed E-state index contributed by atoms with van der Waals surface area (Å²) in [6.45, 7) is 0. The maximum Gasteiger partial charge on any atom is 0.226 e. The number of imidazole rings is 1. The van der Waals surface area contributed by atoms with E-state index in [0.717, 1.165) is 34.8 Å². The van der Waals surface area contributed by atoms with Gasteiger partial charge >= 0.3 is 0 Å². The zero-order valence-electron chi connectivity index (χ0n) is 11.9. The summed E-state index contributed by atoms with van der Waals surface area (Å²) in [4.78, 5) is 11.8. The molecule has 1 fully saturated rings. The van der Waals surface area contributed by atoms with Crippen molar-refractivity contribution in [3.05, 3.63) is 30.4 Å². The van der Waals surface area contributed by atoms with Gasteiger partial charge in [0.15, 0.2) is 0 Å². The van der Waals surface area contributed by atoms with Crippen LogP contribution in [-0.2, 0) is 6.42 Å². The summed E-state index contributed by atoms with van der Waals surface area (Å²) in [6.07, 6.45) is 9.23. The van der Waals surface area contributed by atoms with Gasteiger partial charge in [0, 0.05) is 12.0 Å². The molecule has 1 aromatic carbocycles. The Labute approximate surface area is 122 Å². The van der Waals surface area contributed by atoms with Gasteiger partial charge < -0.3 is 9.51 Å². The van der Waals surface area contributed by atoms with E-state index in [4.69, 9.17) is 4.52 Å². The Hall–Kier alpha value is -2.17. The van der Waals surface area contributed by atoms with Gasteiger partial charge in [-0.05, 0) is 30.5 Å². The highest BCUT2D eigenvalue weighted by Gasteiger charge is 2.17. The van der Waals surface area contributed by atoms with Crippen molar-refractivity contribution in [3.8, 4) is 11.4 Å². The number of aromatic amines is 1. The minimum atomic E-state index is 0.660. The fourth-order valence-electron chi connectivity index (χ4n) is 3.17. The number of benzene rings is 1. The molecule has 0 saturated heterocycles. The molecular weight excluding hydrogens is 264 g/mol. The summed E-state index contributed by atoms with van der Waals surface area (Å²) in [5, 5.41) is 4.10. The second-order valence-corrected chi connectivity index (χ2v) is 5.84. The van der Waals surface area contributed by atoms with Gasteiger partial charge in [-0.2, -0.15) is 4.98 Å². The number of rotatable bonds is 4. The second kappa shape index (κ2) is 5.31. The number of nitrogens with zero attached hydrogens (tertiary/aromatic N) is 3. The predicted octanol–water partition coefficient (Wildman–Crippen LogP) is 3.74. The van der Waals surface area contributed by atoms with Gasteiger partial charge in [-0.3, -0.25) is 0 Å². The van der Waals surface area contributed by atoms with E-state index in [2.05, 4.69) is 20.1 Å². The Kier molecular flexibility index (Phi) is 3.18. The molecule has 5 heteroatoms. The zero-order chi connectivity index (χ0) is 14.1. The topological polar surface area (TPSA) is 67.6 Å². The molecule has 1 saturated carbocycles. The molecule has 0 aliphatic heterocycles. The van der Waals surface area contributed by atoms with E-state index < -0.39 is 0 Å². The number of fused-ring (bicyclic) bond motifs is 1. The molecule has 5 nitrogen and oxygen atoms in total. The molecule has 0 amide bonds. The third-order valence-electron chi connectivity index (χ3n) is 4.39. The van der Waals surface area contributed by atoms with E-state index in [-0.39, 0.29) is 0 Å².